The van der Waals surface area contributed by atoms with Crippen LogP contribution in [0.2, 0.25) is 5.02 Å². The fourth-order valence-corrected chi connectivity index (χ4v) is 2.90. The van der Waals surface area contributed by atoms with Crippen molar-refractivity contribution in [3.05, 3.63) is 51.7 Å². The van der Waals surface area contributed by atoms with Crippen LogP contribution in [-0.4, -0.2) is 14.1 Å². The maximum absolute atomic E-state index is 13.3. The van der Waals surface area contributed by atoms with Crippen LogP contribution in [0.4, 0.5) is 4.39 Å². The molecule has 0 aliphatic rings. The van der Waals surface area contributed by atoms with Gasteiger partial charge in [0.15, 0.2) is 5.65 Å². The largest absolute Gasteiger partial charge is 0.330 e. The smallest absolute Gasteiger partial charge is 0.290 e. The molecule has 3 aromatic rings. The van der Waals surface area contributed by atoms with Gasteiger partial charge in [0.05, 0.1) is 16.2 Å². The van der Waals surface area contributed by atoms with Gasteiger partial charge in [0.25, 0.3) is 0 Å². The van der Waals surface area contributed by atoms with Gasteiger partial charge >= 0.3 is 5.69 Å². The van der Waals surface area contributed by atoms with E-state index >= 15 is 0 Å². The number of pyridine rings is 1. The van der Waals surface area contributed by atoms with Gasteiger partial charge in [-0.25, -0.2) is 14.2 Å². The number of aromatic nitrogens is 3. The van der Waals surface area contributed by atoms with E-state index in [0.29, 0.717) is 23.4 Å². The maximum atomic E-state index is 13.3. The molecule has 0 atom stereocenters. The fourth-order valence-electron chi connectivity index (χ4n) is 2.72. The van der Waals surface area contributed by atoms with E-state index in [2.05, 4.69) is 25.8 Å². The standard InChI is InChI=1S/C18H19ClFN3O/c1-18(2,3)10-23-15-8-7-14(21-16(15)22(4)17(23)24)11-5-6-13(20)12(19)9-11/h5-9H,10H2,1-4H3. The minimum atomic E-state index is -0.467. The molecule has 3 rings (SSSR count). The van der Waals surface area contributed by atoms with Crippen LogP contribution in [-0.2, 0) is 13.6 Å². The van der Waals surface area contributed by atoms with Crippen LogP contribution in [0.3, 0.4) is 0 Å². The lowest BCUT2D eigenvalue weighted by molar-refractivity contribution is 0.342. The van der Waals surface area contributed by atoms with Crippen molar-refractivity contribution in [2.24, 2.45) is 12.5 Å². The van der Waals surface area contributed by atoms with Crippen molar-refractivity contribution in [3.8, 4) is 11.3 Å². The molecule has 2 aromatic heterocycles. The molecular weight excluding hydrogens is 329 g/mol. The quantitative estimate of drug-likeness (QED) is 0.695. The average Bonchev–Trinajstić information content (AvgIpc) is 2.73. The highest BCUT2D eigenvalue weighted by Crippen LogP contribution is 2.26. The number of fused-ring (bicyclic) bond motifs is 1. The highest BCUT2D eigenvalue weighted by atomic mass is 35.5. The molecule has 1 aromatic carbocycles. The normalized spacial score (nSPS) is 12.1. The van der Waals surface area contributed by atoms with Crippen molar-refractivity contribution in [1.29, 1.82) is 0 Å². The number of nitrogens with zero attached hydrogens (tertiary/aromatic N) is 3. The van der Waals surface area contributed by atoms with Crippen molar-refractivity contribution in [2.45, 2.75) is 27.3 Å². The first-order valence-electron chi connectivity index (χ1n) is 7.69. The van der Waals surface area contributed by atoms with E-state index in [-0.39, 0.29) is 16.1 Å². The number of halogens is 2. The molecule has 4 nitrogen and oxygen atoms in total. The monoisotopic (exact) mass is 347 g/mol. The van der Waals surface area contributed by atoms with E-state index < -0.39 is 5.82 Å². The van der Waals surface area contributed by atoms with Gasteiger partial charge in [-0.3, -0.25) is 9.13 Å². The summed E-state index contributed by atoms with van der Waals surface area (Å²) < 4.78 is 16.6. The van der Waals surface area contributed by atoms with E-state index in [9.17, 15) is 9.18 Å². The van der Waals surface area contributed by atoms with E-state index in [4.69, 9.17) is 11.6 Å². The Kier molecular flexibility index (Phi) is 4.00. The van der Waals surface area contributed by atoms with Crippen molar-refractivity contribution in [2.75, 3.05) is 0 Å². The second-order valence-corrected chi connectivity index (χ2v) is 7.56. The number of hydrogen-bond donors (Lipinski definition) is 0. The topological polar surface area (TPSA) is 39.8 Å². The molecular formula is C18H19ClFN3O. The first kappa shape index (κ1) is 16.7. The average molecular weight is 348 g/mol. The van der Waals surface area contributed by atoms with Crippen LogP contribution in [0.1, 0.15) is 20.8 Å². The molecule has 24 heavy (non-hydrogen) atoms. The molecule has 6 heteroatoms. The van der Waals surface area contributed by atoms with Gasteiger partial charge in [0.1, 0.15) is 5.82 Å². The molecule has 0 N–H and O–H groups in total. The Labute approximate surface area is 144 Å². The van der Waals surface area contributed by atoms with Crippen molar-refractivity contribution in [3.63, 3.8) is 0 Å². The van der Waals surface area contributed by atoms with E-state index in [0.717, 1.165) is 5.52 Å². The Morgan fingerprint density at radius 2 is 1.92 bits per heavy atom. The summed E-state index contributed by atoms with van der Waals surface area (Å²) in [5.74, 6) is -0.467. The molecule has 0 aliphatic carbocycles. The van der Waals surface area contributed by atoms with Crippen LogP contribution in [0.5, 0.6) is 0 Å². The lowest BCUT2D eigenvalue weighted by Gasteiger charge is -2.18. The van der Waals surface area contributed by atoms with Crippen molar-refractivity contribution >= 4 is 22.8 Å². The zero-order valence-electron chi connectivity index (χ0n) is 14.1. The van der Waals surface area contributed by atoms with Crippen LogP contribution in [0.25, 0.3) is 22.4 Å². The summed E-state index contributed by atoms with van der Waals surface area (Å²) in [7, 11) is 1.71. The second-order valence-electron chi connectivity index (χ2n) is 7.16. The third-order valence-corrected chi connectivity index (χ3v) is 4.12. The Morgan fingerprint density at radius 3 is 2.54 bits per heavy atom. The molecule has 0 bridgehead atoms. The first-order chi connectivity index (χ1) is 11.2. The molecule has 0 amide bonds. The number of hydrogen-bond acceptors (Lipinski definition) is 2. The summed E-state index contributed by atoms with van der Waals surface area (Å²) in [5.41, 5.74) is 2.62. The number of aryl methyl sites for hydroxylation is 1. The van der Waals surface area contributed by atoms with Crippen LogP contribution in [0, 0.1) is 11.2 Å². The Hall–Kier alpha value is -2.14. The Morgan fingerprint density at radius 1 is 1.21 bits per heavy atom. The Bertz CT molecular complexity index is 982. The summed E-state index contributed by atoms with van der Waals surface area (Å²) in [5, 5.41) is 0.0496. The molecule has 0 unspecified atom stereocenters. The molecule has 0 spiro atoms. The molecule has 0 saturated heterocycles. The van der Waals surface area contributed by atoms with Gasteiger partial charge in [0.2, 0.25) is 0 Å². The summed E-state index contributed by atoms with van der Waals surface area (Å²) in [6.07, 6.45) is 0. The van der Waals surface area contributed by atoms with Gasteiger partial charge in [-0.15, -0.1) is 0 Å². The lowest BCUT2D eigenvalue weighted by atomic mass is 9.97. The predicted molar refractivity (Wildman–Crippen MR) is 94.8 cm³/mol. The SMILES string of the molecule is Cn1c(=O)n(CC(C)(C)C)c2ccc(-c3ccc(F)c(Cl)c3)nc21. The maximum Gasteiger partial charge on any atom is 0.330 e. The number of benzene rings is 1. The third-order valence-electron chi connectivity index (χ3n) is 3.83. The highest BCUT2D eigenvalue weighted by Gasteiger charge is 2.19. The highest BCUT2D eigenvalue weighted by molar-refractivity contribution is 6.31. The molecule has 0 saturated carbocycles. The van der Waals surface area contributed by atoms with Gasteiger partial charge < -0.3 is 0 Å². The number of rotatable bonds is 2. The van der Waals surface area contributed by atoms with Crippen molar-refractivity contribution in [1.82, 2.24) is 14.1 Å². The van der Waals surface area contributed by atoms with Gasteiger partial charge in [-0.2, -0.15) is 0 Å². The summed E-state index contributed by atoms with van der Waals surface area (Å²) >= 11 is 5.85. The molecule has 0 aliphatic heterocycles. The van der Waals surface area contributed by atoms with E-state index in [1.165, 1.54) is 16.7 Å². The fraction of sp³-hybridized carbons (Fsp3) is 0.333. The predicted octanol–water partition coefficient (Wildman–Crippen LogP) is 4.24. The zero-order chi connectivity index (χ0) is 17.6. The van der Waals surface area contributed by atoms with E-state index in [1.54, 1.807) is 17.7 Å². The number of imidazole rings is 1. The Balaban J connectivity index is 2.17. The van der Waals surface area contributed by atoms with Crippen molar-refractivity contribution < 1.29 is 4.39 Å². The molecule has 0 radical (unpaired) electrons. The second kappa shape index (κ2) is 5.74. The minimum Gasteiger partial charge on any atom is -0.290 e. The van der Waals surface area contributed by atoms with Crippen LogP contribution in [0.15, 0.2) is 35.1 Å². The molecule has 126 valence electrons. The minimum absolute atomic E-state index is 0.0265. The van der Waals surface area contributed by atoms with Gasteiger partial charge in [-0.1, -0.05) is 32.4 Å². The third kappa shape index (κ3) is 2.96. The zero-order valence-corrected chi connectivity index (χ0v) is 14.9. The van der Waals surface area contributed by atoms with E-state index in [1.807, 2.05) is 12.1 Å². The van der Waals surface area contributed by atoms with Gasteiger partial charge in [0, 0.05) is 19.2 Å². The summed E-state index contributed by atoms with van der Waals surface area (Å²) in [4.78, 5) is 17.1. The molecule has 0 fully saturated rings. The lowest BCUT2D eigenvalue weighted by Crippen LogP contribution is -2.27. The van der Waals surface area contributed by atoms with Gasteiger partial charge in [-0.05, 0) is 35.7 Å². The first-order valence-corrected chi connectivity index (χ1v) is 8.07. The van der Waals surface area contributed by atoms with Crippen LogP contribution >= 0.6 is 11.6 Å². The summed E-state index contributed by atoms with van der Waals surface area (Å²) in [6.45, 7) is 6.86. The summed E-state index contributed by atoms with van der Waals surface area (Å²) in [6, 6.07) is 8.18. The van der Waals surface area contributed by atoms with Crippen LogP contribution < -0.4 is 5.69 Å². The molecule has 2 heterocycles.